The number of hydrogen-bond acceptors (Lipinski definition) is 7. The molecule has 202 valence electrons. The van der Waals surface area contributed by atoms with E-state index in [0.29, 0.717) is 43.9 Å². The van der Waals surface area contributed by atoms with Gasteiger partial charge < -0.3 is 24.7 Å². The first kappa shape index (κ1) is 24.6. The molecule has 0 unspecified atom stereocenters. The number of anilines is 3. The molecule has 2 aliphatic heterocycles. The minimum Gasteiger partial charge on any atom is -0.460 e. The van der Waals surface area contributed by atoms with E-state index in [1.807, 2.05) is 55.5 Å². The molecule has 9 nitrogen and oxygen atoms in total. The smallest absolute Gasteiger partial charge is 0.331 e. The van der Waals surface area contributed by atoms with Gasteiger partial charge in [-0.05, 0) is 75.3 Å². The SMILES string of the molecule is Cc1cc(Oc2cccc3ccoc23)ccc1N1C(=O)Nc2c(C(=O)N[C@@H]3CCCN(C)C3)sc3nccc1c23. The molecule has 1 atom stereocenters. The number of thiophene rings is 1. The number of carbonyl (C=O) groups is 2. The number of nitrogens with one attached hydrogen (secondary N) is 2. The van der Waals surface area contributed by atoms with E-state index in [-0.39, 0.29) is 18.0 Å². The highest BCUT2D eigenvalue weighted by Crippen LogP contribution is 2.46. The molecule has 0 saturated carbocycles. The van der Waals surface area contributed by atoms with E-state index in [1.165, 1.54) is 11.3 Å². The molecule has 3 aromatic heterocycles. The Balaban J connectivity index is 1.21. The van der Waals surface area contributed by atoms with E-state index in [4.69, 9.17) is 9.15 Å². The Kier molecular flexibility index (Phi) is 5.94. The van der Waals surface area contributed by atoms with Crippen LogP contribution in [0.3, 0.4) is 0 Å². The number of fused-ring (bicyclic) bond motifs is 1. The number of piperidine rings is 1. The van der Waals surface area contributed by atoms with E-state index >= 15 is 0 Å². The quantitative estimate of drug-likeness (QED) is 0.253. The van der Waals surface area contributed by atoms with Gasteiger partial charge in [0.25, 0.3) is 5.91 Å². The van der Waals surface area contributed by atoms with Crippen LogP contribution in [-0.4, -0.2) is 48.0 Å². The summed E-state index contributed by atoms with van der Waals surface area (Å²) < 4.78 is 11.7. The fraction of sp³-hybridized carbons (Fsp3) is 0.233. The fourth-order valence-corrected chi connectivity index (χ4v) is 6.66. The molecule has 0 bridgehead atoms. The Morgan fingerprint density at radius 2 is 2.10 bits per heavy atom. The molecule has 1 saturated heterocycles. The second kappa shape index (κ2) is 9.65. The van der Waals surface area contributed by atoms with Gasteiger partial charge in [-0.1, -0.05) is 12.1 Å². The van der Waals surface area contributed by atoms with E-state index in [0.717, 1.165) is 42.3 Å². The van der Waals surface area contributed by atoms with Crippen molar-refractivity contribution in [1.29, 1.82) is 0 Å². The van der Waals surface area contributed by atoms with Gasteiger partial charge in [-0.15, -0.1) is 11.3 Å². The Bertz CT molecular complexity index is 1790. The molecule has 5 heterocycles. The van der Waals surface area contributed by atoms with Crippen LogP contribution in [0.5, 0.6) is 11.5 Å². The van der Waals surface area contributed by atoms with Crippen molar-refractivity contribution in [3.8, 4) is 11.5 Å². The molecule has 0 aliphatic carbocycles. The zero-order valence-corrected chi connectivity index (χ0v) is 22.9. The lowest BCUT2D eigenvalue weighted by Crippen LogP contribution is -2.46. The lowest BCUT2D eigenvalue weighted by molar-refractivity contribution is 0.0917. The maximum Gasteiger partial charge on any atom is 0.331 e. The number of amides is 3. The number of hydrogen-bond donors (Lipinski definition) is 2. The van der Waals surface area contributed by atoms with Crippen molar-refractivity contribution in [2.24, 2.45) is 0 Å². The number of nitrogens with zero attached hydrogens (tertiary/aromatic N) is 3. The molecule has 2 N–H and O–H groups in total. The van der Waals surface area contributed by atoms with Crippen LogP contribution in [0.15, 0.2) is 65.4 Å². The zero-order chi connectivity index (χ0) is 27.4. The first-order chi connectivity index (χ1) is 19.5. The Morgan fingerprint density at radius 3 is 2.95 bits per heavy atom. The van der Waals surface area contributed by atoms with Crippen molar-refractivity contribution >= 4 is 61.5 Å². The van der Waals surface area contributed by atoms with Crippen molar-refractivity contribution < 1.29 is 18.7 Å². The number of rotatable bonds is 5. The second-order valence-electron chi connectivity index (χ2n) is 10.3. The molecular weight excluding hydrogens is 526 g/mol. The number of aryl methyl sites for hydroxylation is 1. The molecule has 0 radical (unpaired) electrons. The molecule has 0 spiro atoms. The lowest BCUT2D eigenvalue weighted by Gasteiger charge is -2.31. The molecule has 2 aromatic carbocycles. The first-order valence-electron chi connectivity index (χ1n) is 13.2. The minimum atomic E-state index is -0.332. The predicted molar refractivity (Wildman–Crippen MR) is 156 cm³/mol. The summed E-state index contributed by atoms with van der Waals surface area (Å²) in [7, 11) is 2.06. The van der Waals surface area contributed by atoms with Crippen LogP contribution < -0.4 is 20.3 Å². The van der Waals surface area contributed by atoms with Crippen molar-refractivity contribution in [3.05, 3.63) is 71.4 Å². The lowest BCUT2D eigenvalue weighted by atomic mass is 10.1. The summed E-state index contributed by atoms with van der Waals surface area (Å²) in [6.45, 7) is 3.78. The standard InChI is InChI=1S/C30H27N5O4S/c1-17-15-20(39-23-7-3-5-18-11-14-38-26(18)23)8-9-21(17)35-22-10-12-31-29-24(22)25(33-30(35)37)27(40-29)28(36)32-19-6-4-13-34(2)16-19/h3,5,7-12,14-15,19H,4,6,13,16H2,1-2H3,(H,32,36)(H,33,37)/t19-/m1/s1. The molecule has 1 fully saturated rings. The van der Waals surface area contributed by atoms with Gasteiger partial charge in [0, 0.05) is 24.2 Å². The van der Waals surface area contributed by atoms with E-state index in [1.54, 1.807) is 17.4 Å². The number of urea groups is 1. The van der Waals surface area contributed by atoms with Crippen LogP contribution in [0.4, 0.5) is 21.9 Å². The third-order valence-corrected chi connectivity index (χ3v) is 8.59. The van der Waals surface area contributed by atoms with Crippen LogP contribution >= 0.6 is 11.3 Å². The molecule has 7 rings (SSSR count). The fourth-order valence-electron chi connectivity index (χ4n) is 5.63. The summed E-state index contributed by atoms with van der Waals surface area (Å²) in [5, 5.41) is 7.88. The average Bonchev–Trinajstić information content (AvgIpc) is 3.56. The summed E-state index contributed by atoms with van der Waals surface area (Å²) in [6.07, 6.45) is 5.30. The Hall–Kier alpha value is -4.41. The third kappa shape index (κ3) is 4.16. The molecule has 10 heteroatoms. The van der Waals surface area contributed by atoms with Crippen LogP contribution in [0, 0.1) is 6.92 Å². The predicted octanol–water partition coefficient (Wildman–Crippen LogP) is 6.65. The number of pyridine rings is 1. The number of benzene rings is 2. The van der Waals surface area contributed by atoms with Crippen LogP contribution in [0.25, 0.3) is 21.2 Å². The summed E-state index contributed by atoms with van der Waals surface area (Å²) in [6, 6.07) is 14.8. The van der Waals surface area contributed by atoms with Gasteiger partial charge in [0.05, 0.1) is 28.7 Å². The largest absolute Gasteiger partial charge is 0.460 e. The highest BCUT2D eigenvalue weighted by Gasteiger charge is 2.34. The van der Waals surface area contributed by atoms with Gasteiger partial charge in [0.1, 0.15) is 15.5 Å². The van der Waals surface area contributed by atoms with Gasteiger partial charge >= 0.3 is 6.03 Å². The van der Waals surface area contributed by atoms with Crippen molar-refractivity contribution in [2.75, 3.05) is 30.4 Å². The molecular formula is C30H27N5O4S. The molecule has 2 aliphatic rings. The van der Waals surface area contributed by atoms with Gasteiger partial charge in [-0.3, -0.25) is 9.69 Å². The van der Waals surface area contributed by atoms with E-state index in [9.17, 15) is 9.59 Å². The minimum absolute atomic E-state index is 0.0787. The van der Waals surface area contributed by atoms with Gasteiger partial charge in [-0.2, -0.15) is 0 Å². The Morgan fingerprint density at radius 1 is 1.20 bits per heavy atom. The van der Waals surface area contributed by atoms with Crippen LogP contribution in [-0.2, 0) is 0 Å². The summed E-state index contributed by atoms with van der Waals surface area (Å²) in [4.78, 5) is 36.5. The van der Waals surface area contributed by atoms with Crippen molar-refractivity contribution in [2.45, 2.75) is 25.8 Å². The summed E-state index contributed by atoms with van der Waals surface area (Å²) in [5.41, 5.74) is 3.45. The number of ether oxygens (including phenoxy) is 1. The van der Waals surface area contributed by atoms with Crippen molar-refractivity contribution in [3.63, 3.8) is 0 Å². The average molecular weight is 554 g/mol. The van der Waals surface area contributed by atoms with E-state index < -0.39 is 0 Å². The highest BCUT2D eigenvalue weighted by atomic mass is 32.1. The number of aromatic nitrogens is 1. The highest BCUT2D eigenvalue weighted by molar-refractivity contribution is 7.21. The molecule has 40 heavy (non-hydrogen) atoms. The maximum absolute atomic E-state index is 13.6. The van der Waals surface area contributed by atoms with Crippen LogP contribution in [0.2, 0.25) is 0 Å². The Labute approximate surface area is 234 Å². The maximum atomic E-state index is 13.6. The van der Waals surface area contributed by atoms with Gasteiger partial charge in [0.2, 0.25) is 0 Å². The summed E-state index contributed by atoms with van der Waals surface area (Å²) >= 11 is 1.30. The number of likely N-dealkylation sites (tertiary alicyclic amines) is 1. The van der Waals surface area contributed by atoms with Crippen LogP contribution in [0.1, 0.15) is 28.1 Å². The number of furan rings is 1. The van der Waals surface area contributed by atoms with Crippen molar-refractivity contribution in [1.82, 2.24) is 15.2 Å². The number of likely N-dealkylation sites (N-methyl/N-ethyl adjacent to an activating group) is 1. The second-order valence-corrected chi connectivity index (χ2v) is 11.3. The molecule has 3 amide bonds. The zero-order valence-electron chi connectivity index (χ0n) is 22.1. The first-order valence-corrected chi connectivity index (χ1v) is 14.0. The third-order valence-electron chi connectivity index (χ3n) is 7.49. The number of carbonyl (C=O) groups excluding carboxylic acids is 2. The normalized spacial score (nSPS) is 17.3. The monoisotopic (exact) mass is 553 g/mol. The van der Waals surface area contributed by atoms with Gasteiger partial charge in [-0.25, -0.2) is 9.78 Å². The topological polar surface area (TPSA) is 99.9 Å². The summed E-state index contributed by atoms with van der Waals surface area (Å²) in [5.74, 6) is 1.07. The molecule has 5 aromatic rings. The number of para-hydroxylation sites is 1. The van der Waals surface area contributed by atoms with Gasteiger partial charge in [0.15, 0.2) is 11.3 Å². The van der Waals surface area contributed by atoms with E-state index in [2.05, 4.69) is 27.6 Å².